The third kappa shape index (κ3) is 2.88. The molecule has 0 atom stereocenters. The minimum atomic E-state index is 0.716. The first kappa shape index (κ1) is 10.8. The molecule has 2 aromatic rings. The van der Waals surface area contributed by atoms with Gasteiger partial charge in [-0.3, -0.25) is 0 Å². The predicted octanol–water partition coefficient (Wildman–Crippen LogP) is 3.85. The monoisotopic (exact) mass is 225 g/mol. The van der Waals surface area contributed by atoms with Crippen LogP contribution < -0.4 is 0 Å². The minimum absolute atomic E-state index is 0.716. The lowest BCUT2D eigenvalue weighted by atomic mass is 10.2. The Kier molecular flexibility index (Phi) is 3.63. The van der Waals surface area contributed by atoms with Gasteiger partial charge in [-0.05, 0) is 29.8 Å². The summed E-state index contributed by atoms with van der Waals surface area (Å²) in [6.07, 6.45) is 0. The highest BCUT2D eigenvalue weighted by molar-refractivity contribution is 7.98. The van der Waals surface area contributed by atoms with E-state index >= 15 is 0 Å². The lowest BCUT2D eigenvalue weighted by Crippen LogP contribution is -1.81. The maximum atomic E-state index is 8.68. The van der Waals surface area contributed by atoms with Crippen LogP contribution in [0.3, 0.4) is 0 Å². The molecule has 2 rings (SSSR count). The highest BCUT2D eigenvalue weighted by Crippen LogP contribution is 2.22. The topological polar surface area (TPSA) is 23.8 Å². The van der Waals surface area contributed by atoms with E-state index < -0.39 is 0 Å². The number of rotatable bonds is 3. The van der Waals surface area contributed by atoms with E-state index in [0.717, 1.165) is 5.75 Å². The summed E-state index contributed by atoms with van der Waals surface area (Å²) in [5.41, 5.74) is 1.96. The van der Waals surface area contributed by atoms with Gasteiger partial charge in [-0.25, -0.2) is 0 Å². The third-order valence-electron chi connectivity index (χ3n) is 2.23. The molecule has 0 saturated heterocycles. The van der Waals surface area contributed by atoms with Crippen LogP contribution in [0.5, 0.6) is 0 Å². The summed E-state index contributed by atoms with van der Waals surface area (Å²) in [4.78, 5) is 1.27. The van der Waals surface area contributed by atoms with Gasteiger partial charge in [0.05, 0.1) is 11.6 Å². The lowest BCUT2D eigenvalue weighted by molar-refractivity contribution is 1.37. The van der Waals surface area contributed by atoms with Gasteiger partial charge >= 0.3 is 0 Å². The van der Waals surface area contributed by atoms with Gasteiger partial charge in [0.15, 0.2) is 0 Å². The van der Waals surface area contributed by atoms with Crippen molar-refractivity contribution in [1.82, 2.24) is 0 Å². The summed E-state index contributed by atoms with van der Waals surface area (Å²) in [6, 6.07) is 20.2. The molecule has 0 spiro atoms. The normalized spacial score (nSPS) is 9.69. The van der Waals surface area contributed by atoms with Crippen molar-refractivity contribution in [3.05, 3.63) is 65.7 Å². The van der Waals surface area contributed by atoms with E-state index in [4.69, 9.17) is 5.26 Å². The van der Waals surface area contributed by atoms with Crippen molar-refractivity contribution in [3.8, 4) is 6.07 Å². The second-order valence-electron chi connectivity index (χ2n) is 3.41. The van der Waals surface area contributed by atoms with Gasteiger partial charge in [0.1, 0.15) is 0 Å². The molecule has 0 N–H and O–H groups in total. The molecule has 1 nitrogen and oxygen atoms in total. The van der Waals surface area contributed by atoms with Gasteiger partial charge in [0.2, 0.25) is 0 Å². The van der Waals surface area contributed by atoms with Gasteiger partial charge in [-0.15, -0.1) is 11.8 Å². The molecule has 2 aromatic carbocycles. The Morgan fingerprint density at radius 3 is 2.25 bits per heavy atom. The molecule has 0 unspecified atom stereocenters. The zero-order valence-electron chi connectivity index (χ0n) is 8.76. The summed E-state index contributed by atoms with van der Waals surface area (Å²) in [6.45, 7) is 0. The lowest BCUT2D eigenvalue weighted by Gasteiger charge is -2.01. The molecule has 78 valence electrons. The van der Waals surface area contributed by atoms with Gasteiger partial charge in [0.25, 0.3) is 0 Å². The Balaban J connectivity index is 1.98. The Hall–Kier alpha value is -1.72. The predicted molar refractivity (Wildman–Crippen MR) is 67.2 cm³/mol. The number of nitriles is 1. The number of hydrogen-bond donors (Lipinski definition) is 0. The van der Waals surface area contributed by atoms with Gasteiger partial charge in [-0.1, -0.05) is 30.3 Å². The molecule has 0 saturated carbocycles. The molecular weight excluding hydrogens is 214 g/mol. The Labute approximate surface area is 99.7 Å². The summed E-state index contributed by atoms with van der Waals surface area (Å²) >= 11 is 1.80. The molecule has 0 aliphatic rings. The largest absolute Gasteiger partial charge is 0.192 e. The number of benzene rings is 2. The van der Waals surface area contributed by atoms with Gasteiger partial charge in [0, 0.05) is 10.6 Å². The van der Waals surface area contributed by atoms with Crippen LogP contribution in [0, 0.1) is 11.3 Å². The van der Waals surface area contributed by atoms with Crippen molar-refractivity contribution in [2.24, 2.45) is 0 Å². The van der Waals surface area contributed by atoms with Gasteiger partial charge < -0.3 is 0 Å². The maximum Gasteiger partial charge on any atom is 0.0991 e. The molecule has 0 aliphatic heterocycles. The van der Waals surface area contributed by atoms with E-state index in [0.29, 0.717) is 5.56 Å². The molecule has 0 radical (unpaired) electrons. The zero-order valence-corrected chi connectivity index (χ0v) is 9.58. The number of thioether (sulfide) groups is 1. The molecular formula is C14H11NS. The molecule has 0 heterocycles. The van der Waals surface area contributed by atoms with E-state index in [1.165, 1.54) is 10.5 Å². The maximum absolute atomic E-state index is 8.68. The summed E-state index contributed by atoms with van der Waals surface area (Å²) in [7, 11) is 0. The number of nitrogens with zero attached hydrogens (tertiary/aromatic N) is 1. The van der Waals surface area contributed by atoms with Crippen molar-refractivity contribution >= 4 is 11.8 Å². The van der Waals surface area contributed by atoms with Crippen LogP contribution in [0.25, 0.3) is 0 Å². The van der Waals surface area contributed by atoms with E-state index in [1.54, 1.807) is 11.8 Å². The fourth-order valence-corrected chi connectivity index (χ4v) is 2.23. The first-order valence-corrected chi connectivity index (χ1v) is 6.04. The standard InChI is InChI=1S/C14H11NS/c15-10-12-6-8-13(9-7-12)11-16-14-4-2-1-3-5-14/h1-9H,11H2. The molecule has 0 aliphatic carbocycles. The zero-order chi connectivity index (χ0) is 11.2. The Morgan fingerprint density at radius 2 is 1.62 bits per heavy atom. The second kappa shape index (κ2) is 5.39. The van der Waals surface area contributed by atoms with Gasteiger partial charge in [-0.2, -0.15) is 5.26 Å². The summed E-state index contributed by atoms with van der Waals surface area (Å²) in [5.74, 6) is 0.940. The van der Waals surface area contributed by atoms with Crippen molar-refractivity contribution in [2.75, 3.05) is 0 Å². The van der Waals surface area contributed by atoms with Crippen molar-refractivity contribution < 1.29 is 0 Å². The summed E-state index contributed by atoms with van der Waals surface area (Å²) in [5, 5.41) is 8.68. The molecule has 0 amide bonds. The van der Waals surface area contributed by atoms with Crippen molar-refractivity contribution in [3.63, 3.8) is 0 Å². The Morgan fingerprint density at radius 1 is 0.938 bits per heavy atom. The fraction of sp³-hybridized carbons (Fsp3) is 0.0714. The highest BCUT2D eigenvalue weighted by atomic mass is 32.2. The molecule has 0 fully saturated rings. The van der Waals surface area contributed by atoms with Crippen LogP contribution in [0.4, 0.5) is 0 Å². The van der Waals surface area contributed by atoms with E-state index in [1.807, 2.05) is 42.5 Å². The molecule has 2 heteroatoms. The van der Waals surface area contributed by atoms with Crippen LogP contribution in [-0.2, 0) is 5.75 Å². The second-order valence-corrected chi connectivity index (χ2v) is 4.46. The highest BCUT2D eigenvalue weighted by Gasteiger charge is 1.96. The average Bonchev–Trinajstić information content (AvgIpc) is 2.38. The van der Waals surface area contributed by atoms with Crippen molar-refractivity contribution in [1.29, 1.82) is 5.26 Å². The minimum Gasteiger partial charge on any atom is -0.192 e. The van der Waals surface area contributed by atoms with Crippen LogP contribution in [-0.4, -0.2) is 0 Å². The quantitative estimate of drug-likeness (QED) is 0.741. The van der Waals surface area contributed by atoms with E-state index in [-0.39, 0.29) is 0 Å². The Bertz CT molecular complexity index is 482. The SMILES string of the molecule is N#Cc1ccc(CSc2ccccc2)cc1. The summed E-state index contributed by atoms with van der Waals surface area (Å²) < 4.78 is 0. The molecule has 0 aromatic heterocycles. The van der Waals surface area contributed by atoms with Crippen LogP contribution in [0.2, 0.25) is 0 Å². The number of hydrogen-bond acceptors (Lipinski definition) is 2. The smallest absolute Gasteiger partial charge is 0.0991 e. The van der Waals surface area contributed by atoms with E-state index in [2.05, 4.69) is 18.2 Å². The van der Waals surface area contributed by atoms with Crippen LogP contribution >= 0.6 is 11.8 Å². The van der Waals surface area contributed by atoms with Crippen LogP contribution in [0.15, 0.2) is 59.5 Å². The molecule has 16 heavy (non-hydrogen) atoms. The fourth-order valence-electron chi connectivity index (χ4n) is 1.36. The third-order valence-corrected chi connectivity index (χ3v) is 3.31. The van der Waals surface area contributed by atoms with Crippen molar-refractivity contribution in [2.45, 2.75) is 10.6 Å². The first-order chi connectivity index (χ1) is 7.88. The first-order valence-electron chi connectivity index (χ1n) is 5.05. The average molecular weight is 225 g/mol. The molecule has 0 bridgehead atoms. The van der Waals surface area contributed by atoms with Crippen LogP contribution in [0.1, 0.15) is 11.1 Å². The van der Waals surface area contributed by atoms with E-state index in [9.17, 15) is 0 Å².